The Labute approximate surface area is 191 Å². The molecule has 5 rings (SSSR count). The Balaban J connectivity index is 1.33. The van der Waals surface area contributed by atoms with Crippen LogP contribution < -0.4 is 19.5 Å². The number of nitrogens with one attached hydrogen (secondary N) is 1. The molecule has 0 saturated heterocycles. The average molecular weight is 444 g/mol. The third kappa shape index (κ3) is 4.62. The molecule has 0 aliphatic carbocycles. The van der Waals surface area contributed by atoms with Crippen molar-refractivity contribution in [1.82, 2.24) is 4.90 Å². The average Bonchev–Trinajstić information content (AvgIpc) is 3.24. The number of carbonyl (C=O) groups excluding carboxylic acids is 2. The van der Waals surface area contributed by atoms with Crippen molar-refractivity contribution in [1.29, 1.82) is 0 Å². The van der Waals surface area contributed by atoms with E-state index in [1.807, 2.05) is 54.6 Å². The van der Waals surface area contributed by atoms with E-state index in [0.717, 1.165) is 16.7 Å². The number of ether oxygens (including phenoxy) is 3. The summed E-state index contributed by atoms with van der Waals surface area (Å²) in [6.45, 7) is 2.74. The molecule has 0 radical (unpaired) electrons. The zero-order valence-corrected chi connectivity index (χ0v) is 18.2. The van der Waals surface area contributed by atoms with Crippen LogP contribution in [0, 0.1) is 0 Å². The maximum absolute atomic E-state index is 13.0. The van der Waals surface area contributed by atoms with Gasteiger partial charge in [-0.3, -0.25) is 9.59 Å². The van der Waals surface area contributed by atoms with E-state index in [0.29, 0.717) is 42.4 Å². The zero-order valence-electron chi connectivity index (χ0n) is 18.2. The molecular weight excluding hydrogens is 420 g/mol. The molecule has 7 heteroatoms. The normalized spacial score (nSPS) is 16.6. The molecule has 2 heterocycles. The van der Waals surface area contributed by atoms with Crippen LogP contribution in [0.4, 0.5) is 5.69 Å². The molecule has 1 atom stereocenters. The van der Waals surface area contributed by atoms with Crippen LogP contribution >= 0.6 is 0 Å². The van der Waals surface area contributed by atoms with Crippen LogP contribution in [0.3, 0.4) is 0 Å². The second-order valence-corrected chi connectivity index (χ2v) is 8.18. The van der Waals surface area contributed by atoms with E-state index in [1.54, 1.807) is 24.0 Å². The number of fused-ring (bicyclic) bond motifs is 2. The van der Waals surface area contributed by atoms with E-state index >= 15 is 0 Å². The Bertz CT molecular complexity index is 1190. The van der Waals surface area contributed by atoms with Gasteiger partial charge in [0.25, 0.3) is 5.91 Å². The maximum Gasteiger partial charge on any atom is 0.263 e. The lowest BCUT2D eigenvalue weighted by Crippen LogP contribution is -2.37. The van der Waals surface area contributed by atoms with E-state index in [9.17, 15) is 9.59 Å². The second kappa shape index (κ2) is 8.86. The molecule has 33 heavy (non-hydrogen) atoms. The van der Waals surface area contributed by atoms with Crippen molar-refractivity contribution in [2.75, 3.05) is 12.1 Å². The lowest BCUT2D eigenvalue weighted by molar-refractivity contribution is -0.138. The second-order valence-electron chi connectivity index (χ2n) is 8.18. The molecule has 0 bridgehead atoms. The molecular formula is C26H24N2O5. The van der Waals surface area contributed by atoms with Crippen molar-refractivity contribution in [3.8, 4) is 17.2 Å². The molecule has 0 aromatic heterocycles. The number of hydrogen-bond donors (Lipinski definition) is 1. The van der Waals surface area contributed by atoms with Crippen LogP contribution in [-0.4, -0.2) is 29.6 Å². The highest BCUT2D eigenvalue weighted by atomic mass is 16.7. The van der Waals surface area contributed by atoms with Gasteiger partial charge in [0.1, 0.15) is 5.75 Å². The summed E-state index contributed by atoms with van der Waals surface area (Å²) in [5, 5.41) is 2.95. The summed E-state index contributed by atoms with van der Waals surface area (Å²) in [5.41, 5.74) is 3.40. The summed E-state index contributed by atoms with van der Waals surface area (Å²) in [7, 11) is 0. The van der Waals surface area contributed by atoms with Gasteiger partial charge in [-0.15, -0.1) is 0 Å². The minimum Gasteiger partial charge on any atom is -0.481 e. The highest BCUT2D eigenvalue weighted by Gasteiger charge is 2.28. The monoisotopic (exact) mass is 444 g/mol. The lowest BCUT2D eigenvalue weighted by atomic mass is 10.1. The van der Waals surface area contributed by atoms with Gasteiger partial charge in [-0.1, -0.05) is 36.4 Å². The van der Waals surface area contributed by atoms with Gasteiger partial charge in [-0.25, -0.2) is 0 Å². The van der Waals surface area contributed by atoms with Gasteiger partial charge < -0.3 is 24.4 Å². The quantitative estimate of drug-likeness (QED) is 0.646. The highest BCUT2D eigenvalue weighted by molar-refractivity contribution is 5.92. The molecule has 0 fully saturated rings. The number of anilines is 1. The Hall–Kier alpha value is -4.00. The van der Waals surface area contributed by atoms with Crippen LogP contribution in [0.2, 0.25) is 0 Å². The van der Waals surface area contributed by atoms with Crippen LogP contribution in [-0.2, 0) is 29.1 Å². The molecule has 2 aliphatic heterocycles. The maximum atomic E-state index is 13.0. The van der Waals surface area contributed by atoms with Crippen LogP contribution in [0.1, 0.15) is 23.6 Å². The number of hydrogen-bond acceptors (Lipinski definition) is 5. The first kappa shape index (κ1) is 20.9. The van der Waals surface area contributed by atoms with Gasteiger partial charge in [0.15, 0.2) is 17.6 Å². The number of benzene rings is 3. The molecule has 3 aromatic rings. The van der Waals surface area contributed by atoms with Crippen molar-refractivity contribution in [2.45, 2.75) is 32.5 Å². The minimum absolute atomic E-state index is 0.0986. The fourth-order valence-electron chi connectivity index (χ4n) is 4.06. The first-order chi connectivity index (χ1) is 16.0. The largest absolute Gasteiger partial charge is 0.481 e. The van der Waals surface area contributed by atoms with Crippen molar-refractivity contribution in [3.05, 3.63) is 83.4 Å². The van der Waals surface area contributed by atoms with Gasteiger partial charge in [-0.2, -0.15) is 0 Å². The molecule has 3 aromatic carbocycles. The van der Waals surface area contributed by atoms with Crippen LogP contribution in [0.5, 0.6) is 17.2 Å². The van der Waals surface area contributed by atoms with E-state index < -0.39 is 6.10 Å². The predicted octanol–water partition coefficient (Wildman–Crippen LogP) is 3.91. The molecule has 0 saturated carbocycles. The summed E-state index contributed by atoms with van der Waals surface area (Å²) in [5.74, 6) is 1.84. The smallest absolute Gasteiger partial charge is 0.263 e. The highest BCUT2D eigenvalue weighted by Crippen LogP contribution is 2.34. The molecule has 2 aliphatic rings. The van der Waals surface area contributed by atoms with Crippen LogP contribution in [0.25, 0.3) is 0 Å². The number of carbonyl (C=O) groups is 2. The first-order valence-corrected chi connectivity index (χ1v) is 10.9. The lowest BCUT2D eigenvalue weighted by Gasteiger charge is -2.22. The van der Waals surface area contributed by atoms with E-state index in [2.05, 4.69) is 5.32 Å². The first-order valence-electron chi connectivity index (χ1n) is 10.9. The van der Waals surface area contributed by atoms with Crippen LogP contribution in [0.15, 0.2) is 66.7 Å². The summed E-state index contributed by atoms with van der Waals surface area (Å²) in [6, 6.07) is 20.7. The molecule has 168 valence electrons. The summed E-state index contributed by atoms with van der Waals surface area (Å²) >= 11 is 0. The predicted molar refractivity (Wildman–Crippen MR) is 122 cm³/mol. The Morgan fingerprint density at radius 2 is 1.76 bits per heavy atom. The minimum atomic E-state index is -0.612. The van der Waals surface area contributed by atoms with Crippen molar-refractivity contribution < 1.29 is 23.8 Å². The van der Waals surface area contributed by atoms with Gasteiger partial charge in [-0.05, 0) is 48.4 Å². The van der Waals surface area contributed by atoms with Gasteiger partial charge in [0.05, 0.1) is 6.42 Å². The Morgan fingerprint density at radius 1 is 0.970 bits per heavy atom. The number of rotatable bonds is 5. The van der Waals surface area contributed by atoms with Crippen molar-refractivity contribution >= 4 is 17.5 Å². The molecule has 2 amide bonds. The Kier molecular flexibility index (Phi) is 5.60. The van der Waals surface area contributed by atoms with E-state index in [-0.39, 0.29) is 18.6 Å². The molecule has 0 spiro atoms. The number of amides is 2. The Morgan fingerprint density at radius 3 is 2.61 bits per heavy atom. The zero-order chi connectivity index (χ0) is 22.8. The van der Waals surface area contributed by atoms with E-state index in [4.69, 9.17) is 14.2 Å². The summed E-state index contributed by atoms with van der Waals surface area (Å²) in [4.78, 5) is 27.2. The number of nitrogens with zero attached hydrogens (tertiary/aromatic N) is 1. The summed E-state index contributed by atoms with van der Waals surface area (Å²) < 4.78 is 16.8. The van der Waals surface area contributed by atoms with Gasteiger partial charge in [0, 0.05) is 24.3 Å². The standard InChI is InChI=1S/C26H24N2O5/c1-17-26(30)28(14-19-7-9-23-24(11-19)32-16-31-23)15-20-13-21(8-10-22(20)33-17)27-25(29)12-18-5-3-2-4-6-18/h2-11,13,17H,12,14-16H2,1H3,(H,27,29)/t17-/m0/s1. The van der Waals surface area contributed by atoms with Gasteiger partial charge >= 0.3 is 0 Å². The SMILES string of the molecule is C[C@@H]1Oc2ccc(NC(=O)Cc3ccccc3)cc2CN(Cc2ccc3c(c2)OCO3)C1=O. The van der Waals surface area contributed by atoms with Crippen molar-refractivity contribution in [3.63, 3.8) is 0 Å². The molecule has 0 unspecified atom stereocenters. The fourth-order valence-corrected chi connectivity index (χ4v) is 4.06. The summed E-state index contributed by atoms with van der Waals surface area (Å²) in [6.07, 6.45) is -0.320. The van der Waals surface area contributed by atoms with E-state index in [1.165, 1.54) is 0 Å². The third-order valence-corrected chi connectivity index (χ3v) is 5.69. The third-order valence-electron chi connectivity index (χ3n) is 5.69. The van der Waals surface area contributed by atoms with Crippen molar-refractivity contribution in [2.24, 2.45) is 0 Å². The molecule has 1 N–H and O–H groups in total. The topological polar surface area (TPSA) is 77.1 Å². The molecule has 7 nitrogen and oxygen atoms in total. The fraction of sp³-hybridized carbons (Fsp3) is 0.231. The van der Waals surface area contributed by atoms with Gasteiger partial charge in [0.2, 0.25) is 12.7 Å².